The summed E-state index contributed by atoms with van der Waals surface area (Å²) in [5, 5.41) is 0.661. The number of rotatable bonds is 4. The van der Waals surface area contributed by atoms with E-state index < -0.39 is 5.54 Å². The minimum atomic E-state index is -0.469. The van der Waals surface area contributed by atoms with Crippen molar-refractivity contribution in [3.8, 4) is 0 Å². The molecule has 19 heavy (non-hydrogen) atoms. The summed E-state index contributed by atoms with van der Waals surface area (Å²) in [6.07, 6.45) is 0.379. The highest BCUT2D eigenvalue weighted by atomic mass is 35.5. The SMILES string of the molecule is CC(C)(C(=O)Cc1ccccc1Cl)N1CCOCC1. The van der Waals surface area contributed by atoms with Gasteiger partial charge in [-0.3, -0.25) is 9.69 Å². The number of Topliss-reactive ketones (excluding diaryl/α,β-unsaturated/α-hetero) is 1. The number of ether oxygens (including phenoxy) is 1. The molecule has 0 spiro atoms. The molecule has 0 saturated carbocycles. The third-order valence-corrected chi connectivity index (χ3v) is 4.16. The fraction of sp³-hybridized carbons (Fsp3) is 0.533. The first-order valence-electron chi connectivity index (χ1n) is 6.61. The van der Waals surface area contributed by atoms with Crippen molar-refractivity contribution in [3.05, 3.63) is 34.9 Å². The summed E-state index contributed by atoms with van der Waals surface area (Å²) in [5.74, 6) is 0.197. The Hall–Kier alpha value is -0.900. The van der Waals surface area contributed by atoms with E-state index in [4.69, 9.17) is 16.3 Å². The van der Waals surface area contributed by atoms with Crippen LogP contribution in [0.3, 0.4) is 0 Å². The van der Waals surface area contributed by atoms with Gasteiger partial charge in [0.1, 0.15) is 0 Å². The molecule has 1 fully saturated rings. The Kier molecular flexibility index (Phi) is 4.61. The predicted molar refractivity (Wildman–Crippen MR) is 76.6 cm³/mol. The van der Waals surface area contributed by atoms with Gasteiger partial charge in [0.15, 0.2) is 5.78 Å². The molecule has 0 atom stereocenters. The zero-order valence-corrected chi connectivity index (χ0v) is 12.2. The number of morpholine rings is 1. The maximum atomic E-state index is 12.5. The Morgan fingerprint density at radius 1 is 1.32 bits per heavy atom. The van der Waals surface area contributed by atoms with Crippen molar-refractivity contribution < 1.29 is 9.53 Å². The van der Waals surface area contributed by atoms with Gasteiger partial charge >= 0.3 is 0 Å². The van der Waals surface area contributed by atoms with Gasteiger partial charge in [0.25, 0.3) is 0 Å². The first-order valence-corrected chi connectivity index (χ1v) is 6.99. The van der Waals surface area contributed by atoms with Crippen molar-refractivity contribution in [1.29, 1.82) is 0 Å². The maximum Gasteiger partial charge on any atom is 0.156 e. The van der Waals surface area contributed by atoms with E-state index in [9.17, 15) is 4.79 Å². The molecule has 1 aromatic rings. The predicted octanol–water partition coefficient (Wildman–Crippen LogP) is 2.56. The van der Waals surface area contributed by atoms with Crippen molar-refractivity contribution in [3.63, 3.8) is 0 Å². The summed E-state index contributed by atoms with van der Waals surface area (Å²) in [5.41, 5.74) is 0.429. The van der Waals surface area contributed by atoms with Crippen LogP contribution in [0.5, 0.6) is 0 Å². The molecule has 0 aliphatic carbocycles. The van der Waals surface area contributed by atoms with Gasteiger partial charge in [-0.25, -0.2) is 0 Å². The van der Waals surface area contributed by atoms with Crippen LogP contribution in [0, 0.1) is 0 Å². The fourth-order valence-electron chi connectivity index (χ4n) is 2.33. The number of carbonyl (C=O) groups excluding carboxylic acids is 1. The topological polar surface area (TPSA) is 29.5 Å². The van der Waals surface area contributed by atoms with Crippen LogP contribution in [0.25, 0.3) is 0 Å². The Bertz CT molecular complexity index is 453. The Balaban J connectivity index is 2.08. The molecule has 1 saturated heterocycles. The molecule has 3 nitrogen and oxygen atoms in total. The van der Waals surface area contributed by atoms with E-state index in [0.717, 1.165) is 18.7 Å². The summed E-state index contributed by atoms with van der Waals surface area (Å²) in [6.45, 7) is 6.98. The minimum Gasteiger partial charge on any atom is -0.379 e. The van der Waals surface area contributed by atoms with E-state index in [1.165, 1.54) is 0 Å². The molecule has 0 unspecified atom stereocenters. The van der Waals surface area contributed by atoms with Gasteiger partial charge in [-0.1, -0.05) is 29.8 Å². The number of ketones is 1. The molecule has 4 heteroatoms. The van der Waals surface area contributed by atoms with Gasteiger partial charge in [-0.15, -0.1) is 0 Å². The van der Waals surface area contributed by atoms with E-state index in [1.54, 1.807) is 0 Å². The van der Waals surface area contributed by atoms with Gasteiger partial charge in [-0.05, 0) is 25.5 Å². The Morgan fingerprint density at radius 3 is 2.58 bits per heavy atom. The average molecular weight is 282 g/mol. The quantitative estimate of drug-likeness (QED) is 0.849. The molecule has 1 aromatic carbocycles. The Morgan fingerprint density at radius 2 is 1.95 bits per heavy atom. The maximum absolute atomic E-state index is 12.5. The van der Waals surface area contributed by atoms with Crippen LogP contribution in [-0.4, -0.2) is 42.5 Å². The van der Waals surface area contributed by atoms with E-state index in [-0.39, 0.29) is 5.78 Å². The second-order valence-corrected chi connectivity index (χ2v) is 5.76. The number of nitrogens with zero attached hydrogens (tertiary/aromatic N) is 1. The number of benzene rings is 1. The van der Waals surface area contributed by atoms with Crippen molar-refractivity contribution in [2.45, 2.75) is 25.8 Å². The zero-order valence-electron chi connectivity index (χ0n) is 11.5. The van der Waals surface area contributed by atoms with Crippen LogP contribution >= 0.6 is 11.6 Å². The fourth-order valence-corrected chi connectivity index (χ4v) is 2.53. The number of halogens is 1. The lowest BCUT2D eigenvalue weighted by Crippen LogP contribution is -2.54. The third kappa shape index (κ3) is 3.35. The van der Waals surface area contributed by atoms with Crippen molar-refractivity contribution in [2.75, 3.05) is 26.3 Å². The van der Waals surface area contributed by atoms with E-state index in [2.05, 4.69) is 4.90 Å². The summed E-state index contributed by atoms with van der Waals surface area (Å²) >= 11 is 6.12. The smallest absolute Gasteiger partial charge is 0.156 e. The van der Waals surface area contributed by atoms with Gasteiger partial charge < -0.3 is 4.74 Å². The first-order chi connectivity index (χ1) is 9.01. The Labute approximate surface area is 119 Å². The summed E-state index contributed by atoms with van der Waals surface area (Å²) in [4.78, 5) is 14.7. The summed E-state index contributed by atoms with van der Waals surface area (Å²) < 4.78 is 5.34. The van der Waals surface area contributed by atoms with Gasteiger partial charge in [0, 0.05) is 24.5 Å². The van der Waals surface area contributed by atoms with Crippen LogP contribution < -0.4 is 0 Å². The first kappa shape index (κ1) is 14.5. The monoisotopic (exact) mass is 281 g/mol. The molecule has 1 aliphatic rings. The molecule has 0 radical (unpaired) electrons. The molecule has 0 N–H and O–H groups in total. The molecule has 1 aliphatic heterocycles. The van der Waals surface area contributed by atoms with Crippen molar-refractivity contribution in [2.24, 2.45) is 0 Å². The highest BCUT2D eigenvalue weighted by Crippen LogP contribution is 2.22. The molecule has 1 heterocycles. The van der Waals surface area contributed by atoms with Gasteiger partial charge in [0.05, 0.1) is 18.8 Å². The number of hydrogen-bond acceptors (Lipinski definition) is 3. The van der Waals surface area contributed by atoms with Crippen LogP contribution in [0.2, 0.25) is 5.02 Å². The second kappa shape index (κ2) is 6.04. The van der Waals surface area contributed by atoms with Crippen LogP contribution in [0.1, 0.15) is 19.4 Å². The van der Waals surface area contributed by atoms with Crippen LogP contribution in [0.15, 0.2) is 24.3 Å². The lowest BCUT2D eigenvalue weighted by Gasteiger charge is -2.39. The molecule has 104 valence electrons. The second-order valence-electron chi connectivity index (χ2n) is 5.35. The summed E-state index contributed by atoms with van der Waals surface area (Å²) in [7, 11) is 0. The highest BCUT2D eigenvalue weighted by molar-refractivity contribution is 6.31. The third-order valence-electron chi connectivity index (χ3n) is 3.79. The standard InChI is InChI=1S/C15H20ClNO2/c1-15(2,17-7-9-19-10-8-17)14(18)11-12-5-3-4-6-13(12)16/h3-6H,7-11H2,1-2H3. The molecule has 2 rings (SSSR count). The highest BCUT2D eigenvalue weighted by Gasteiger charge is 2.35. The van der Waals surface area contributed by atoms with Crippen molar-refractivity contribution in [1.82, 2.24) is 4.90 Å². The molecular formula is C15H20ClNO2. The van der Waals surface area contributed by atoms with Crippen LogP contribution in [-0.2, 0) is 16.0 Å². The summed E-state index contributed by atoms with van der Waals surface area (Å²) in [6, 6.07) is 7.53. The lowest BCUT2D eigenvalue weighted by molar-refractivity contribution is -0.131. The zero-order chi connectivity index (χ0) is 13.9. The lowest BCUT2D eigenvalue weighted by atomic mass is 9.91. The average Bonchev–Trinajstić information content (AvgIpc) is 2.42. The number of carbonyl (C=O) groups is 1. The number of hydrogen-bond donors (Lipinski definition) is 0. The normalized spacial score (nSPS) is 17.4. The van der Waals surface area contributed by atoms with E-state index in [0.29, 0.717) is 24.7 Å². The molecule has 0 amide bonds. The molecular weight excluding hydrogens is 262 g/mol. The van der Waals surface area contributed by atoms with Crippen LogP contribution in [0.4, 0.5) is 0 Å². The van der Waals surface area contributed by atoms with Crippen molar-refractivity contribution >= 4 is 17.4 Å². The van der Waals surface area contributed by atoms with E-state index >= 15 is 0 Å². The largest absolute Gasteiger partial charge is 0.379 e. The van der Waals surface area contributed by atoms with Gasteiger partial charge in [-0.2, -0.15) is 0 Å². The minimum absolute atomic E-state index is 0.197. The van der Waals surface area contributed by atoms with E-state index in [1.807, 2.05) is 38.1 Å². The van der Waals surface area contributed by atoms with Gasteiger partial charge in [0.2, 0.25) is 0 Å². The molecule has 0 aromatic heterocycles. The molecule has 0 bridgehead atoms.